The predicted molar refractivity (Wildman–Crippen MR) is 346 cm³/mol. The van der Waals surface area contributed by atoms with E-state index in [0.717, 1.165) is 18.2 Å². The summed E-state index contributed by atoms with van der Waals surface area (Å²) < 4.78 is 203. The number of allylic oxidation sites excluding steroid dienone is 5. The number of benzene rings is 4. The number of anilines is 1. The van der Waals surface area contributed by atoms with Gasteiger partial charge in [0, 0.05) is 48.1 Å². The number of hydrogen-bond acceptors (Lipinski definition) is 20. The molecular formula is C58H63N7O24S6. The summed E-state index contributed by atoms with van der Waals surface area (Å²) in [7, 11) is -28.2. The Morgan fingerprint density at radius 1 is 0.558 bits per heavy atom. The second-order valence-electron chi connectivity index (χ2n) is 22.7. The van der Waals surface area contributed by atoms with E-state index in [9.17, 15) is 107 Å². The maximum absolute atomic E-state index is 13.6. The van der Waals surface area contributed by atoms with Gasteiger partial charge in [-0.25, -0.2) is 9.97 Å². The van der Waals surface area contributed by atoms with Gasteiger partial charge in [0.05, 0.1) is 38.5 Å². The summed E-state index contributed by atoms with van der Waals surface area (Å²) >= 11 is 0. The number of amides is 4. The fraction of sp³-hybridized carbons (Fsp3) is 0.293. The van der Waals surface area contributed by atoms with Gasteiger partial charge in [0.1, 0.15) is 29.3 Å². The van der Waals surface area contributed by atoms with E-state index >= 15 is 0 Å². The van der Waals surface area contributed by atoms with E-state index in [1.807, 2.05) is 0 Å². The lowest BCUT2D eigenvalue weighted by Gasteiger charge is -2.30. The summed E-state index contributed by atoms with van der Waals surface area (Å²) in [6.07, 6.45) is 4.49. The Labute approximate surface area is 545 Å². The Balaban J connectivity index is 1.42. The van der Waals surface area contributed by atoms with E-state index in [1.54, 1.807) is 69.9 Å². The zero-order chi connectivity index (χ0) is 70.9. The number of nitrogens with zero attached hydrogens (tertiary/aromatic N) is 3. The Bertz CT molecular complexity index is 4950. The largest absolute Gasteiger partial charge is 0.480 e. The van der Waals surface area contributed by atoms with Crippen LogP contribution in [0.3, 0.4) is 0 Å². The Morgan fingerprint density at radius 2 is 0.958 bits per heavy atom. The number of aromatic nitrogens is 2. The monoisotopic (exact) mass is 1430 g/mol. The lowest BCUT2D eigenvalue weighted by molar-refractivity contribution is -0.135. The highest BCUT2D eigenvalue weighted by Crippen LogP contribution is 2.54. The lowest BCUT2D eigenvalue weighted by Crippen LogP contribution is -2.32. The van der Waals surface area contributed by atoms with Crippen LogP contribution >= 0.6 is 0 Å². The van der Waals surface area contributed by atoms with Gasteiger partial charge in [0.15, 0.2) is 0 Å². The van der Waals surface area contributed by atoms with Crippen molar-refractivity contribution in [2.75, 3.05) is 60.6 Å². The zero-order valence-electron chi connectivity index (χ0n) is 50.8. The highest BCUT2D eigenvalue weighted by Gasteiger charge is 2.42. The van der Waals surface area contributed by atoms with Gasteiger partial charge in [-0.2, -0.15) is 50.5 Å². The van der Waals surface area contributed by atoms with Crippen LogP contribution in [-0.4, -0.2) is 178 Å². The first-order valence-electron chi connectivity index (χ1n) is 27.9. The summed E-state index contributed by atoms with van der Waals surface area (Å²) in [6, 6.07) is 15.0. The van der Waals surface area contributed by atoms with Crippen LogP contribution in [-0.2, 0) is 76.3 Å². The number of carboxylic acids is 1. The lowest BCUT2D eigenvalue weighted by atomic mass is 9.74. The molecule has 0 aliphatic carbocycles. The number of rotatable bonds is 27. The molecule has 0 atom stereocenters. The van der Waals surface area contributed by atoms with Crippen molar-refractivity contribution in [3.8, 4) is 22.3 Å². The molecule has 11 N–H and O–H groups in total. The average molecular weight is 1430 g/mol. The molecule has 0 bridgehead atoms. The summed E-state index contributed by atoms with van der Waals surface area (Å²) in [5.41, 5.74) is -2.05. The van der Waals surface area contributed by atoms with Gasteiger partial charge in [-0.1, -0.05) is 58.6 Å². The number of fused-ring (bicyclic) bond motifs is 4. The summed E-state index contributed by atoms with van der Waals surface area (Å²) in [5.74, 6) is -9.26. The van der Waals surface area contributed by atoms with Crippen LogP contribution in [0.4, 0.5) is 5.69 Å². The fourth-order valence-corrected chi connectivity index (χ4v) is 13.1. The first kappa shape index (κ1) is 73.9. The normalized spacial score (nSPS) is 14.3. The Kier molecular flexibility index (Phi) is 21.6. The molecule has 1 aliphatic rings. The van der Waals surface area contributed by atoms with Crippen LogP contribution < -0.4 is 26.2 Å². The second-order valence-corrected chi connectivity index (χ2v) is 31.8. The molecule has 37 heteroatoms. The summed E-state index contributed by atoms with van der Waals surface area (Å²) in [4.78, 5) is 74.5. The number of nitrogens with one attached hydrogen (secondary N) is 4. The first-order chi connectivity index (χ1) is 43.7. The van der Waals surface area contributed by atoms with Gasteiger partial charge in [0.25, 0.3) is 84.3 Å². The number of carbonyl (C=O) groups is 5. The van der Waals surface area contributed by atoms with Crippen LogP contribution in [0.25, 0.3) is 43.8 Å². The zero-order valence-corrected chi connectivity index (χ0v) is 55.7. The van der Waals surface area contributed by atoms with Crippen molar-refractivity contribution < 1.29 is 107 Å². The maximum Gasteiger partial charge on any atom is 0.322 e. The minimum absolute atomic E-state index is 0.0158. The molecule has 510 valence electrons. The van der Waals surface area contributed by atoms with Gasteiger partial charge < -0.3 is 31.3 Å². The molecule has 4 amide bonds. The van der Waals surface area contributed by atoms with Gasteiger partial charge >= 0.3 is 5.97 Å². The van der Waals surface area contributed by atoms with Crippen LogP contribution in [0.1, 0.15) is 92.8 Å². The highest BCUT2D eigenvalue weighted by atomic mass is 32.2. The molecule has 0 unspecified atom stereocenters. The number of carboxylic acid groups (broad SMARTS) is 1. The van der Waals surface area contributed by atoms with E-state index in [0.29, 0.717) is 28.0 Å². The third-order valence-corrected chi connectivity index (χ3v) is 19.9. The van der Waals surface area contributed by atoms with Crippen molar-refractivity contribution in [2.24, 2.45) is 0 Å². The van der Waals surface area contributed by atoms with Crippen LogP contribution in [0, 0.1) is 6.92 Å². The second kappa shape index (κ2) is 27.7. The van der Waals surface area contributed by atoms with Gasteiger partial charge in [0.2, 0.25) is 0 Å². The smallest absolute Gasteiger partial charge is 0.322 e. The summed E-state index contributed by atoms with van der Waals surface area (Å²) in [5, 5.41) is 19.0. The van der Waals surface area contributed by atoms with Crippen molar-refractivity contribution in [1.29, 1.82) is 0 Å². The van der Waals surface area contributed by atoms with Crippen molar-refractivity contribution in [1.82, 2.24) is 31.2 Å². The Hall–Kier alpha value is -8.47. The number of carbonyl (C=O) groups excluding carboxylic acids is 4. The minimum Gasteiger partial charge on any atom is -0.480 e. The highest BCUT2D eigenvalue weighted by molar-refractivity contribution is 7.87. The quantitative estimate of drug-likeness (QED) is 0.0257. The average Bonchev–Trinajstić information content (AvgIpc) is 1.64. The van der Waals surface area contributed by atoms with Crippen LogP contribution in [0.2, 0.25) is 0 Å². The molecule has 0 saturated heterocycles. The molecule has 1 aliphatic heterocycles. The van der Waals surface area contributed by atoms with Crippen molar-refractivity contribution in [3.05, 3.63) is 148 Å². The molecule has 0 radical (unpaired) electrons. The number of aliphatic carboxylic acids is 1. The van der Waals surface area contributed by atoms with E-state index in [2.05, 4.69) is 37.8 Å². The molecule has 7 rings (SSSR count). The van der Waals surface area contributed by atoms with Crippen LogP contribution in [0.5, 0.6) is 0 Å². The summed E-state index contributed by atoms with van der Waals surface area (Å²) in [6.45, 7) is 9.91. The maximum atomic E-state index is 13.6. The minimum atomic E-state index is -4.99. The molecular weight excluding hydrogens is 1370 g/mol. The number of hydrogen-bond donors (Lipinski definition) is 11. The topological polar surface area (TPSA) is 509 Å². The van der Waals surface area contributed by atoms with Gasteiger partial charge in [-0.3, -0.25) is 51.3 Å². The molecule has 2 aromatic heterocycles. The first-order valence-corrected chi connectivity index (χ1v) is 37.2. The van der Waals surface area contributed by atoms with Crippen molar-refractivity contribution in [2.45, 2.75) is 61.7 Å². The molecule has 0 saturated carbocycles. The van der Waals surface area contributed by atoms with E-state index < -0.39 is 183 Å². The Morgan fingerprint density at radius 3 is 1.37 bits per heavy atom. The molecule has 31 nitrogen and oxygen atoms in total. The third kappa shape index (κ3) is 18.3. The molecule has 3 heterocycles. The van der Waals surface area contributed by atoms with Crippen LogP contribution in [0.15, 0.2) is 119 Å². The molecule has 0 fully saturated rings. The van der Waals surface area contributed by atoms with Crippen molar-refractivity contribution >= 4 is 118 Å². The van der Waals surface area contributed by atoms with Crippen molar-refractivity contribution in [3.63, 3.8) is 0 Å². The van der Waals surface area contributed by atoms with Gasteiger partial charge in [-0.05, 0) is 141 Å². The standard InChI is InChI=1S/C58H63N7O24S6/c1-32(57(3,4)44-29-41(38-13-11-36(94(84,85)86)27-40(38)33(44)2)34-23-46(53(68)59-15-20-91(75,76)77)63-47(24-34)54(69)60-16-21-92(78,79)80)9-7-10-50-58(5,6)45-30-42(39-14-12-37(95(87,88)89)28-43(39)52(45)65(50)18-8-19-90(72,73)74)35-25-48(55(70)61-17-22-93(81,82)83)64-49(26-35)56(71)62-31-51(66)67/h7,9-14,23-30H,1,8,15-22,31H2,2-6H3,(H,59,68)(H,60,69)(H,61,70)(H,62,71)(H,66,67)(H,72,73,74)(H,75,76,77)(H,78,79,80)(H,81,82,83)(H,84,85,86)(H,87,88,89)/b9-7+,50-10+. The SMILES string of the molecule is C=C(/C=C/C=C1/N(CCCS(=O)(=O)O)c2c(cc(-c3cc(C(=O)NCCS(=O)(=O)O)nc(C(=O)NCC(=O)O)c3)c3ccc(S(=O)(=O)O)cc23)C1(C)C)C(C)(C)c1cc(-c2cc(C(=O)NCCS(=O)(=O)O)nc(C(=O)NCCS(=O)(=O)O)c2)c2ccc(S(=O)(=O)O)cc2c1C. The van der Waals surface area contributed by atoms with E-state index in [4.69, 9.17) is 0 Å². The number of aryl methyl sites for hydroxylation is 1. The fourth-order valence-electron chi connectivity index (χ4n) is 10.6. The molecule has 0 spiro atoms. The van der Waals surface area contributed by atoms with Gasteiger partial charge in [-0.15, -0.1) is 0 Å². The predicted octanol–water partition coefficient (Wildman–Crippen LogP) is 3.94. The molecule has 6 aromatic rings. The third-order valence-electron chi connectivity index (χ3n) is 15.3. The molecule has 4 aromatic carbocycles. The van der Waals surface area contributed by atoms with E-state index in [1.165, 1.54) is 42.5 Å². The van der Waals surface area contributed by atoms with E-state index in [-0.39, 0.29) is 62.5 Å². The number of pyridine rings is 2. The molecule has 95 heavy (non-hydrogen) atoms.